The van der Waals surface area contributed by atoms with Crippen molar-refractivity contribution in [2.45, 2.75) is 17.8 Å². The van der Waals surface area contributed by atoms with E-state index in [2.05, 4.69) is 109 Å². The molecular weight excluding hydrogens is 588 g/mol. The molecule has 3 atom stereocenters. The van der Waals surface area contributed by atoms with E-state index in [0.717, 1.165) is 16.7 Å². The molecule has 7 aromatic carbocycles. The summed E-state index contributed by atoms with van der Waals surface area (Å²) in [5, 5.41) is 31.0. The van der Waals surface area contributed by atoms with Crippen LogP contribution in [0.25, 0.3) is 33.4 Å². The minimum atomic E-state index is -0.0355. The number of benzene rings is 7. The summed E-state index contributed by atoms with van der Waals surface area (Å²) in [6.07, 6.45) is 0. The lowest BCUT2D eigenvalue weighted by molar-refractivity contribution is 0.474. The van der Waals surface area contributed by atoms with Gasteiger partial charge in [0.2, 0.25) is 0 Å². The summed E-state index contributed by atoms with van der Waals surface area (Å²) in [4.78, 5) is 0. The molecule has 7 aromatic rings. The van der Waals surface area contributed by atoms with Crippen molar-refractivity contribution in [1.29, 1.82) is 0 Å². The maximum Gasteiger partial charge on any atom is 0.115 e. The Hall–Kier alpha value is -6.06. The zero-order valence-electron chi connectivity index (χ0n) is 25.9. The van der Waals surface area contributed by atoms with Gasteiger partial charge in [-0.2, -0.15) is 0 Å². The van der Waals surface area contributed by atoms with Crippen LogP contribution >= 0.6 is 0 Å². The standard InChI is InChI=1S/C45H30O3/c46-28-19-13-25(14-20-28)37-31-7-1-4-10-34(31)40-43(37)41-35-11-5-2-8-32(35)39(27-17-23-30(48)24-18-27)45(41)42-36-12-6-3-9-33(36)38(44(40)42)26-15-21-29(47)22-16-26/h1-24,37-39,46-48H/t37-,38-,39-/m1/s1. The predicted molar refractivity (Wildman–Crippen MR) is 190 cm³/mol. The first-order valence-corrected chi connectivity index (χ1v) is 16.5. The molecule has 0 aromatic heterocycles. The second kappa shape index (κ2) is 9.97. The molecule has 10 rings (SSSR count). The van der Waals surface area contributed by atoms with Crippen LogP contribution in [0.5, 0.6) is 17.2 Å². The Morgan fingerprint density at radius 1 is 0.292 bits per heavy atom. The van der Waals surface area contributed by atoms with Gasteiger partial charge >= 0.3 is 0 Å². The number of hydrogen-bond acceptors (Lipinski definition) is 3. The van der Waals surface area contributed by atoms with Gasteiger partial charge in [-0.05, 0) is 120 Å². The molecule has 0 fully saturated rings. The lowest BCUT2D eigenvalue weighted by Gasteiger charge is -2.25. The van der Waals surface area contributed by atoms with Crippen molar-refractivity contribution in [3.05, 3.63) is 196 Å². The third-order valence-electron chi connectivity index (χ3n) is 10.8. The van der Waals surface area contributed by atoms with Crippen LogP contribution in [-0.2, 0) is 0 Å². The number of hydrogen-bond donors (Lipinski definition) is 3. The zero-order valence-corrected chi connectivity index (χ0v) is 25.9. The van der Waals surface area contributed by atoms with Gasteiger partial charge in [-0.15, -0.1) is 0 Å². The third kappa shape index (κ3) is 3.64. The van der Waals surface area contributed by atoms with Crippen LogP contribution in [0.3, 0.4) is 0 Å². The fraction of sp³-hybridized carbons (Fsp3) is 0.0667. The molecule has 0 heterocycles. The number of fused-ring (bicyclic) bond motifs is 12. The van der Waals surface area contributed by atoms with E-state index in [1.54, 1.807) is 36.4 Å². The van der Waals surface area contributed by atoms with E-state index in [9.17, 15) is 15.3 Å². The average molecular weight is 619 g/mol. The molecular formula is C45H30O3. The van der Waals surface area contributed by atoms with E-state index in [-0.39, 0.29) is 35.0 Å². The summed E-state index contributed by atoms with van der Waals surface area (Å²) in [5.41, 5.74) is 18.7. The monoisotopic (exact) mass is 618 g/mol. The van der Waals surface area contributed by atoms with Crippen molar-refractivity contribution in [3.8, 4) is 50.6 Å². The van der Waals surface area contributed by atoms with Gasteiger partial charge < -0.3 is 15.3 Å². The van der Waals surface area contributed by atoms with Gasteiger partial charge in [0.25, 0.3) is 0 Å². The van der Waals surface area contributed by atoms with Crippen LogP contribution in [0.4, 0.5) is 0 Å². The molecule has 48 heavy (non-hydrogen) atoms. The SMILES string of the molecule is Oc1ccc([C@@H]2c3ccccc3-c3c2c2c(c4c3[C@H](c3ccc(O)cc3)c3ccccc3-4)[C@H](c3ccc(O)cc3)c3ccccc3-2)cc1. The third-order valence-corrected chi connectivity index (χ3v) is 10.8. The van der Waals surface area contributed by atoms with Crippen LogP contribution in [0, 0.1) is 0 Å². The molecule has 3 heteroatoms. The van der Waals surface area contributed by atoms with Crippen molar-refractivity contribution in [1.82, 2.24) is 0 Å². The number of rotatable bonds is 3. The fourth-order valence-electron chi connectivity index (χ4n) is 8.98. The molecule has 3 nitrogen and oxygen atoms in total. The van der Waals surface area contributed by atoms with Gasteiger partial charge in [0, 0.05) is 17.8 Å². The Balaban J connectivity index is 1.41. The van der Waals surface area contributed by atoms with Crippen LogP contribution in [0.1, 0.15) is 67.8 Å². The van der Waals surface area contributed by atoms with Crippen LogP contribution in [-0.4, -0.2) is 15.3 Å². The van der Waals surface area contributed by atoms with Gasteiger partial charge in [0.1, 0.15) is 17.2 Å². The van der Waals surface area contributed by atoms with Crippen LogP contribution in [0.15, 0.2) is 146 Å². The summed E-state index contributed by atoms with van der Waals surface area (Å²) in [6.45, 7) is 0. The van der Waals surface area contributed by atoms with E-state index in [4.69, 9.17) is 0 Å². The molecule has 228 valence electrons. The number of phenolic OH excluding ortho intramolecular Hbond substituents is 3. The van der Waals surface area contributed by atoms with Gasteiger partial charge in [0.15, 0.2) is 0 Å². The van der Waals surface area contributed by atoms with E-state index in [0.29, 0.717) is 0 Å². The normalized spacial score (nSPS) is 17.6. The van der Waals surface area contributed by atoms with Gasteiger partial charge in [-0.25, -0.2) is 0 Å². The first-order chi connectivity index (χ1) is 23.6. The molecule has 0 aliphatic heterocycles. The maximum absolute atomic E-state index is 10.3. The zero-order chi connectivity index (χ0) is 32.1. The van der Waals surface area contributed by atoms with Crippen molar-refractivity contribution in [3.63, 3.8) is 0 Å². The highest BCUT2D eigenvalue weighted by Gasteiger charge is 2.47. The second-order valence-electron chi connectivity index (χ2n) is 13.2. The summed E-state index contributed by atoms with van der Waals surface area (Å²) < 4.78 is 0. The highest BCUT2D eigenvalue weighted by atomic mass is 16.3. The Kier molecular flexibility index (Phi) is 5.63. The van der Waals surface area contributed by atoms with Gasteiger partial charge in [0.05, 0.1) is 0 Å². The van der Waals surface area contributed by atoms with Crippen LogP contribution in [0.2, 0.25) is 0 Å². The first kappa shape index (κ1) is 27.1. The van der Waals surface area contributed by atoms with Crippen LogP contribution < -0.4 is 0 Å². The fourth-order valence-corrected chi connectivity index (χ4v) is 8.98. The smallest absolute Gasteiger partial charge is 0.115 e. The molecule has 0 amide bonds. The highest BCUT2D eigenvalue weighted by molar-refractivity contribution is 6.04. The summed E-state index contributed by atoms with van der Waals surface area (Å²) in [7, 11) is 0. The molecule has 0 bridgehead atoms. The average Bonchev–Trinajstić information content (AvgIpc) is 3.76. The number of phenols is 3. The minimum Gasteiger partial charge on any atom is -0.508 e. The number of aromatic hydroxyl groups is 3. The predicted octanol–water partition coefficient (Wildman–Crippen LogP) is 10.3. The van der Waals surface area contributed by atoms with Crippen molar-refractivity contribution in [2.24, 2.45) is 0 Å². The molecule has 0 saturated heterocycles. The lowest BCUT2D eigenvalue weighted by Crippen LogP contribution is -2.07. The summed E-state index contributed by atoms with van der Waals surface area (Å²) in [6, 6.07) is 49.6. The van der Waals surface area contributed by atoms with Crippen molar-refractivity contribution >= 4 is 0 Å². The molecule has 3 N–H and O–H groups in total. The quantitative estimate of drug-likeness (QED) is 0.185. The van der Waals surface area contributed by atoms with Crippen molar-refractivity contribution in [2.75, 3.05) is 0 Å². The summed E-state index contributed by atoms with van der Waals surface area (Å²) in [5.74, 6) is 0.657. The molecule has 0 spiro atoms. The largest absolute Gasteiger partial charge is 0.508 e. The van der Waals surface area contributed by atoms with E-state index >= 15 is 0 Å². The second-order valence-corrected chi connectivity index (χ2v) is 13.2. The Labute approximate surface area is 278 Å². The maximum atomic E-state index is 10.3. The highest BCUT2D eigenvalue weighted by Crippen LogP contribution is 2.66. The Morgan fingerprint density at radius 3 is 0.812 bits per heavy atom. The molecule has 3 aliphatic carbocycles. The Morgan fingerprint density at radius 2 is 0.542 bits per heavy atom. The first-order valence-electron chi connectivity index (χ1n) is 16.5. The molecule has 0 saturated carbocycles. The molecule has 0 radical (unpaired) electrons. The Bertz CT molecular complexity index is 2130. The van der Waals surface area contributed by atoms with Gasteiger partial charge in [-0.3, -0.25) is 0 Å². The van der Waals surface area contributed by atoms with E-state index < -0.39 is 0 Å². The molecule has 0 unspecified atom stereocenters. The van der Waals surface area contributed by atoms with Crippen molar-refractivity contribution < 1.29 is 15.3 Å². The lowest BCUT2D eigenvalue weighted by atomic mass is 9.77. The van der Waals surface area contributed by atoms with Gasteiger partial charge in [-0.1, -0.05) is 109 Å². The molecule has 3 aliphatic rings. The minimum absolute atomic E-state index is 0.0355. The summed E-state index contributed by atoms with van der Waals surface area (Å²) >= 11 is 0. The topological polar surface area (TPSA) is 60.7 Å². The van der Waals surface area contributed by atoms with E-state index in [1.165, 1.54) is 66.8 Å². The van der Waals surface area contributed by atoms with E-state index in [1.807, 2.05) is 0 Å².